The molecule has 27 heavy (non-hydrogen) atoms. The summed E-state index contributed by atoms with van der Waals surface area (Å²) in [5, 5.41) is 3.23. The molecule has 1 heterocycles. The molecule has 0 bridgehead atoms. The molecule has 1 N–H and O–H groups in total. The molecule has 1 atom stereocenters. The van der Waals surface area contributed by atoms with Crippen molar-refractivity contribution in [3.05, 3.63) is 81.6 Å². The van der Waals surface area contributed by atoms with Crippen LogP contribution in [-0.4, -0.2) is 22.1 Å². The summed E-state index contributed by atoms with van der Waals surface area (Å²) in [5.74, 6) is 0.204. The van der Waals surface area contributed by atoms with Gasteiger partial charge in [0.1, 0.15) is 23.4 Å². The number of nitrogens with one attached hydrogen (secondary N) is 1. The first-order chi connectivity index (χ1) is 12.9. The predicted octanol–water partition coefficient (Wildman–Crippen LogP) is 4.26. The third-order valence-corrected chi connectivity index (χ3v) is 4.65. The van der Waals surface area contributed by atoms with Gasteiger partial charge in [0.2, 0.25) is 0 Å². The number of imidazole rings is 1. The SMILES string of the molecule is Cn1ccnc1[C@H](NC(=O)COc1ccc(Br)cc1Cl)c1cccc(F)c1. The van der Waals surface area contributed by atoms with Crippen LogP contribution in [-0.2, 0) is 11.8 Å². The molecule has 1 amide bonds. The van der Waals surface area contributed by atoms with Gasteiger partial charge in [-0.15, -0.1) is 0 Å². The summed E-state index contributed by atoms with van der Waals surface area (Å²) in [6, 6.07) is 10.5. The molecule has 0 radical (unpaired) electrons. The average molecular weight is 453 g/mol. The molecule has 1 aromatic heterocycles. The van der Waals surface area contributed by atoms with Crippen molar-refractivity contribution in [2.75, 3.05) is 6.61 Å². The summed E-state index contributed by atoms with van der Waals surface area (Å²) in [7, 11) is 1.80. The van der Waals surface area contributed by atoms with Gasteiger partial charge in [-0.3, -0.25) is 4.79 Å². The smallest absolute Gasteiger partial charge is 0.258 e. The summed E-state index contributed by atoms with van der Waals surface area (Å²) in [5.41, 5.74) is 0.583. The van der Waals surface area contributed by atoms with Gasteiger partial charge in [-0.2, -0.15) is 0 Å². The second-order valence-corrected chi connectivity index (χ2v) is 7.14. The largest absolute Gasteiger partial charge is 0.482 e. The minimum Gasteiger partial charge on any atom is -0.482 e. The molecule has 3 aromatic rings. The maximum atomic E-state index is 13.7. The van der Waals surface area contributed by atoms with Crippen LogP contribution in [0.4, 0.5) is 4.39 Å². The third kappa shape index (κ3) is 4.87. The van der Waals surface area contributed by atoms with E-state index in [2.05, 4.69) is 26.2 Å². The highest BCUT2D eigenvalue weighted by atomic mass is 79.9. The van der Waals surface area contributed by atoms with Crippen molar-refractivity contribution < 1.29 is 13.9 Å². The Kier molecular flexibility index (Phi) is 6.13. The van der Waals surface area contributed by atoms with Crippen LogP contribution in [0.5, 0.6) is 5.75 Å². The zero-order chi connectivity index (χ0) is 19.4. The highest BCUT2D eigenvalue weighted by molar-refractivity contribution is 9.10. The van der Waals surface area contributed by atoms with Crippen LogP contribution in [0.1, 0.15) is 17.4 Å². The minimum atomic E-state index is -0.614. The average Bonchev–Trinajstić information content (AvgIpc) is 3.04. The Morgan fingerprint density at radius 2 is 2.19 bits per heavy atom. The summed E-state index contributed by atoms with van der Waals surface area (Å²) in [6.07, 6.45) is 3.37. The van der Waals surface area contributed by atoms with Crippen molar-refractivity contribution in [3.63, 3.8) is 0 Å². The topological polar surface area (TPSA) is 56.2 Å². The van der Waals surface area contributed by atoms with Crippen LogP contribution in [0.25, 0.3) is 0 Å². The maximum absolute atomic E-state index is 13.7. The molecule has 0 aliphatic carbocycles. The van der Waals surface area contributed by atoms with Gasteiger partial charge in [0.05, 0.1) is 5.02 Å². The molecule has 0 saturated carbocycles. The van der Waals surface area contributed by atoms with Crippen LogP contribution in [0.15, 0.2) is 59.3 Å². The molecule has 0 unspecified atom stereocenters. The van der Waals surface area contributed by atoms with E-state index >= 15 is 0 Å². The first-order valence-electron chi connectivity index (χ1n) is 8.04. The Morgan fingerprint density at radius 1 is 1.37 bits per heavy atom. The minimum absolute atomic E-state index is 0.239. The third-order valence-electron chi connectivity index (χ3n) is 3.86. The predicted molar refractivity (Wildman–Crippen MR) is 104 cm³/mol. The van der Waals surface area contributed by atoms with Gasteiger partial charge in [0.15, 0.2) is 6.61 Å². The highest BCUT2D eigenvalue weighted by Gasteiger charge is 2.21. The Balaban J connectivity index is 1.76. The molecular weight excluding hydrogens is 437 g/mol. The van der Waals surface area contributed by atoms with E-state index in [0.717, 1.165) is 4.47 Å². The second-order valence-electron chi connectivity index (χ2n) is 5.82. The lowest BCUT2D eigenvalue weighted by atomic mass is 10.1. The summed E-state index contributed by atoms with van der Waals surface area (Å²) < 4.78 is 21.7. The van der Waals surface area contributed by atoms with E-state index in [4.69, 9.17) is 16.3 Å². The fraction of sp³-hybridized carbons (Fsp3) is 0.158. The fourth-order valence-corrected chi connectivity index (χ4v) is 3.30. The molecule has 0 aliphatic heterocycles. The molecule has 140 valence electrons. The van der Waals surface area contributed by atoms with E-state index in [0.29, 0.717) is 22.2 Å². The number of hydrogen-bond acceptors (Lipinski definition) is 3. The van der Waals surface area contributed by atoms with Crippen molar-refractivity contribution in [2.24, 2.45) is 7.05 Å². The number of amides is 1. The number of aryl methyl sites for hydroxylation is 1. The van der Waals surface area contributed by atoms with E-state index in [-0.39, 0.29) is 18.3 Å². The maximum Gasteiger partial charge on any atom is 0.258 e. The van der Waals surface area contributed by atoms with Crippen LogP contribution in [0, 0.1) is 5.82 Å². The number of benzene rings is 2. The van der Waals surface area contributed by atoms with Crippen molar-refractivity contribution in [1.29, 1.82) is 0 Å². The van der Waals surface area contributed by atoms with Crippen LogP contribution in [0.2, 0.25) is 5.02 Å². The number of hydrogen-bond donors (Lipinski definition) is 1. The standard InChI is InChI=1S/C19H16BrClFN3O2/c1-25-8-7-23-19(25)18(12-3-2-4-14(22)9-12)24-17(26)11-27-16-6-5-13(20)10-15(16)21/h2-10,18H,11H2,1H3,(H,24,26)/t18-/m1/s1. The monoisotopic (exact) mass is 451 g/mol. The zero-order valence-corrected chi connectivity index (χ0v) is 16.7. The van der Waals surface area contributed by atoms with Crippen molar-refractivity contribution in [1.82, 2.24) is 14.9 Å². The summed E-state index contributed by atoms with van der Waals surface area (Å²) >= 11 is 9.40. The number of aromatic nitrogens is 2. The van der Waals surface area contributed by atoms with Gasteiger partial charge in [-0.05, 0) is 35.9 Å². The molecule has 0 aliphatic rings. The van der Waals surface area contributed by atoms with E-state index in [1.807, 2.05) is 0 Å². The lowest BCUT2D eigenvalue weighted by Gasteiger charge is -2.19. The van der Waals surface area contributed by atoms with Crippen molar-refractivity contribution in [2.45, 2.75) is 6.04 Å². The van der Waals surface area contributed by atoms with Crippen molar-refractivity contribution in [3.8, 4) is 5.75 Å². The zero-order valence-electron chi connectivity index (χ0n) is 14.3. The Hall–Kier alpha value is -2.38. The van der Waals surface area contributed by atoms with Gasteiger partial charge >= 0.3 is 0 Å². The Bertz CT molecular complexity index is 964. The van der Waals surface area contributed by atoms with Gasteiger partial charge < -0.3 is 14.6 Å². The van der Waals surface area contributed by atoms with Crippen LogP contribution in [0.3, 0.4) is 0 Å². The second kappa shape index (κ2) is 8.54. The molecule has 0 saturated heterocycles. The quantitative estimate of drug-likeness (QED) is 0.608. The van der Waals surface area contributed by atoms with E-state index in [1.54, 1.807) is 54.3 Å². The number of rotatable bonds is 6. The molecule has 5 nitrogen and oxygen atoms in total. The summed E-state index contributed by atoms with van der Waals surface area (Å²) in [4.78, 5) is 16.7. The number of carbonyl (C=O) groups excluding carboxylic acids is 1. The molecule has 2 aromatic carbocycles. The number of halogens is 3. The molecule has 3 rings (SSSR count). The first kappa shape index (κ1) is 19.4. The fourth-order valence-electron chi connectivity index (χ4n) is 2.58. The van der Waals surface area contributed by atoms with E-state index < -0.39 is 6.04 Å². The van der Waals surface area contributed by atoms with Gasteiger partial charge in [0, 0.05) is 23.9 Å². The van der Waals surface area contributed by atoms with Crippen LogP contribution < -0.4 is 10.1 Å². The number of carbonyl (C=O) groups is 1. The van der Waals surface area contributed by atoms with Gasteiger partial charge in [0.25, 0.3) is 5.91 Å². The summed E-state index contributed by atoms with van der Waals surface area (Å²) in [6.45, 7) is -0.239. The Morgan fingerprint density at radius 3 is 2.85 bits per heavy atom. The lowest BCUT2D eigenvalue weighted by molar-refractivity contribution is -0.123. The van der Waals surface area contributed by atoms with Crippen molar-refractivity contribution >= 4 is 33.4 Å². The van der Waals surface area contributed by atoms with Gasteiger partial charge in [-0.25, -0.2) is 9.37 Å². The lowest BCUT2D eigenvalue weighted by Crippen LogP contribution is -2.34. The molecular formula is C19H16BrClFN3O2. The molecule has 8 heteroatoms. The van der Waals surface area contributed by atoms with Gasteiger partial charge in [-0.1, -0.05) is 39.7 Å². The highest BCUT2D eigenvalue weighted by Crippen LogP contribution is 2.28. The molecule has 0 fully saturated rings. The number of ether oxygens (including phenoxy) is 1. The van der Waals surface area contributed by atoms with Crippen LogP contribution >= 0.6 is 27.5 Å². The first-order valence-corrected chi connectivity index (χ1v) is 9.21. The normalized spacial score (nSPS) is 11.9. The molecule has 0 spiro atoms. The van der Waals surface area contributed by atoms with E-state index in [1.165, 1.54) is 12.1 Å². The number of nitrogens with zero attached hydrogens (tertiary/aromatic N) is 2. The van der Waals surface area contributed by atoms with E-state index in [9.17, 15) is 9.18 Å². The Labute approximate surface area is 169 Å².